The summed E-state index contributed by atoms with van der Waals surface area (Å²) in [6.45, 7) is 0. The third-order valence-corrected chi connectivity index (χ3v) is 2.89. The first-order valence-corrected chi connectivity index (χ1v) is 5.87. The Morgan fingerprint density at radius 3 is 2.00 bits per heavy atom. The number of rotatable bonds is 3. The van der Waals surface area contributed by atoms with E-state index in [1.54, 1.807) is 0 Å². The van der Waals surface area contributed by atoms with Crippen molar-refractivity contribution in [2.75, 3.05) is 0 Å². The first-order valence-electron chi connectivity index (χ1n) is 5.08. The van der Waals surface area contributed by atoms with Gasteiger partial charge in [-0.25, -0.2) is 0 Å². The van der Waals surface area contributed by atoms with E-state index in [0.29, 0.717) is 4.32 Å². The van der Waals surface area contributed by atoms with Gasteiger partial charge in [-0.15, -0.1) is 0 Å². The van der Waals surface area contributed by atoms with Gasteiger partial charge in [-0.05, 0) is 17.5 Å². The van der Waals surface area contributed by atoms with Crippen LogP contribution < -0.4 is 0 Å². The Bertz CT molecular complexity index is 474. The Morgan fingerprint density at radius 1 is 0.875 bits per heavy atom. The maximum Gasteiger partial charge on any atom is 0.111 e. The van der Waals surface area contributed by atoms with E-state index in [4.69, 9.17) is 23.8 Å². The zero-order valence-corrected chi connectivity index (χ0v) is 10.3. The van der Waals surface area contributed by atoms with E-state index < -0.39 is 0 Å². The van der Waals surface area contributed by atoms with Gasteiger partial charge in [-0.2, -0.15) is 0 Å². The molecule has 0 spiro atoms. The molecule has 0 saturated carbocycles. The summed E-state index contributed by atoms with van der Waals surface area (Å²) in [4.78, 5) is 0. The second kappa shape index (κ2) is 5.24. The highest BCUT2D eigenvalue weighted by Crippen LogP contribution is 2.12. The number of hydrogen-bond donors (Lipinski definition) is 0. The van der Waals surface area contributed by atoms with E-state index in [2.05, 4.69) is 36.4 Å². The van der Waals surface area contributed by atoms with E-state index in [1.807, 2.05) is 18.2 Å². The van der Waals surface area contributed by atoms with Gasteiger partial charge in [-0.1, -0.05) is 78.4 Å². The Kier molecular flexibility index (Phi) is 3.70. The molecule has 0 aliphatic rings. The molecule has 0 unspecified atom stereocenters. The van der Waals surface area contributed by atoms with Crippen LogP contribution in [0.2, 0.25) is 0 Å². The van der Waals surface area contributed by atoms with Crippen molar-refractivity contribution in [3.05, 3.63) is 71.3 Å². The number of hydrogen-bond acceptors (Lipinski definition) is 1. The van der Waals surface area contributed by atoms with Gasteiger partial charge in [0.05, 0.1) is 0 Å². The molecule has 0 saturated heterocycles. The standard InChI is InChI=1S/C14H11ClS/c15-14(16)13-8-6-12(7-9-13)10-11-4-2-1-3-5-11/h1-9H,10H2. The molecule has 2 heteroatoms. The largest absolute Gasteiger partial charge is 0.111 e. The lowest BCUT2D eigenvalue weighted by Gasteiger charge is -2.02. The van der Waals surface area contributed by atoms with E-state index >= 15 is 0 Å². The predicted octanol–water partition coefficient (Wildman–Crippen LogP) is 4.19. The van der Waals surface area contributed by atoms with Gasteiger partial charge < -0.3 is 0 Å². The van der Waals surface area contributed by atoms with Gasteiger partial charge in [0.15, 0.2) is 0 Å². The van der Waals surface area contributed by atoms with Crippen molar-refractivity contribution in [3.63, 3.8) is 0 Å². The van der Waals surface area contributed by atoms with Crippen molar-refractivity contribution in [2.24, 2.45) is 0 Å². The van der Waals surface area contributed by atoms with Crippen LogP contribution in [0.5, 0.6) is 0 Å². The molecule has 0 heterocycles. The molecule has 0 radical (unpaired) electrons. The molecule has 16 heavy (non-hydrogen) atoms. The summed E-state index contributed by atoms with van der Waals surface area (Å²) in [6.07, 6.45) is 0.941. The Hall–Kier alpha value is -1.18. The maximum atomic E-state index is 5.75. The molecule has 0 amide bonds. The Morgan fingerprint density at radius 2 is 1.44 bits per heavy atom. The van der Waals surface area contributed by atoms with Crippen LogP contribution in [0.4, 0.5) is 0 Å². The van der Waals surface area contributed by atoms with Gasteiger partial charge in [0.25, 0.3) is 0 Å². The zero-order chi connectivity index (χ0) is 11.4. The first-order chi connectivity index (χ1) is 7.75. The monoisotopic (exact) mass is 246 g/mol. The first kappa shape index (κ1) is 11.3. The molecule has 2 aromatic carbocycles. The Balaban J connectivity index is 2.14. The fourth-order valence-corrected chi connectivity index (χ4v) is 1.85. The third-order valence-electron chi connectivity index (χ3n) is 2.43. The molecule has 2 rings (SSSR count). The summed E-state index contributed by atoms with van der Waals surface area (Å²) < 4.78 is 0.422. The molecule has 0 N–H and O–H groups in total. The number of halogens is 1. The minimum absolute atomic E-state index is 0.422. The fourth-order valence-electron chi connectivity index (χ4n) is 1.59. The average molecular weight is 247 g/mol. The normalized spacial score (nSPS) is 10.1. The molecule has 0 nitrogen and oxygen atoms in total. The van der Waals surface area contributed by atoms with E-state index in [9.17, 15) is 0 Å². The summed E-state index contributed by atoms with van der Waals surface area (Å²) in [5.74, 6) is 0. The predicted molar refractivity (Wildman–Crippen MR) is 73.2 cm³/mol. The van der Waals surface area contributed by atoms with Crippen LogP contribution in [0.1, 0.15) is 16.7 Å². The summed E-state index contributed by atoms with van der Waals surface area (Å²) in [5, 5.41) is 0. The number of benzene rings is 2. The van der Waals surface area contributed by atoms with Gasteiger partial charge >= 0.3 is 0 Å². The van der Waals surface area contributed by atoms with Crippen LogP contribution in [0, 0.1) is 0 Å². The van der Waals surface area contributed by atoms with Gasteiger partial charge in [-0.3, -0.25) is 0 Å². The summed E-state index contributed by atoms with van der Waals surface area (Å²) in [6, 6.07) is 18.4. The lowest BCUT2D eigenvalue weighted by atomic mass is 10.0. The van der Waals surface area contributed by atoms with Gasteiger partial charge in [0, 0.05) is 5.56 Å². The van der Waals surface area contributed by atoms with Crippen LogP contribution in [-0.2, 0) is 6.42 Å². The Labute approximate surface area is 106 Å². The minimum Gasteiger partial charge on any atom is -0.0709 e. The van der Waals surface area contributed by atoms with Crippen molar-refractivity contribution in [3.8, 4) is 0 Å². The van der Waals surface area contributed by atoms with Crippen molar-refractivity contribution < 1.29 is 0 Å². The van der Waals surface area contributed by atoms with Crippen molar-refractivity contribution in [2.45, 2.75) is 6.42 Å². The molecule has 0 fully saturated rings. The minimum atomic E-state index is 0.422. The van der Waals surface area contributed by atoms with Gasteiger partial charge in [0.1, 0.15) is 4.32 Å². The van der Waals surface area contributed by atoms with Crippen molar-refractivity contribution in [1.29, 1.82) is 0 Å². The second-order valence-electron chi connectivity index (χ2n) is 3.63. The molecular formula is C14H11ClS. The van der Waals surface area contributed by atoms with Crippen molar-refractivity contribution >= 4 is 28.1 Å². The highest BCUT2D eigenvalue weighted by atomic mass is 35.5. The quantitative estimate of drug-likeness (QED) is 0.578. The molecule has 0 atom stereocenters. The number of thiocarbonyl (C=S) groups is 1. The molecule has 0 aliphatic carbocycles. The lowest BCUT2D eigenvalue weighted by Crippen LogP contribution is -1.90. The summed E-state index contributed by atoms with van der Waals surface area (Å²) in [7, 11) is 0. The van der Waals surface area contributed by atoms with Crippen LogP contribution >= 0.6 is 23.8 Å². The average Bonchev–Trinajstić information content (AvgIpc) is 2.31. The van der Waals surface area contributed by atoms with E-state index in [-0.39, 0.29) is 0 Å². The van der Waals surface area contributed by atoms with Crippen LogP contribution in [0.15, 0.2) is 54.6 Å². The SMILES string of the molecule is S=C(Cl)c1ccc(Cc2ccccc2)cc1. The molecule has 0 aliphatic heterocycles. The highest BCUT2D eigenvalue weighted by Gasteiger charge is 1.98. The topological polar surface area (TPSA) is 0 Å². The third kappa shape index (κ3) is 2.91. The van der Waals surface area contributed by atoms with Crippen molar-refractivity contribution in [1.82, 2.24) is 0 Å². The summed E-state index contributed by atoms with van der Waals surface area (Å²) >= 11 is 10.6. The zero-order valence-electron chi connectivity index (χ0n) is 8.69. The van der Waals surface area contributed by atoms with Crippen LogP contribution in [0.25, 0.3) is 0 Å². The maximum absolute atomic E-state index is 5.75. The molecule has 80 valence electrons. The highest BCUT2D eigenvalue weighted by molar-refractivity contribution is 7.83. The van der Waals surface area contributed by atoms with Gasteiger partial charge in [0.2, 0.25) is 0 Å². The smallest absolute Gasteiger partial charge is 0.0709 e. The van der Waals surface area contributed by atoms with E-state index in [0.717, 1.165) is 12.0 Å². The molecule has 2 aromatic rings. The van der Waals surface area contributed by atoms with Crippen LogP contribution in [-0.4, -0.2) is 4.32 Å². The van der Waals surface area contributed by atoms with Crippen LogP contribution in [0.3, 0.4) is 0 Å². The summed E-state index contributed by atoms with van der Waals surface area (Å²) in [5.41, 5.74) is 3.49. The molecule has 0 aromatic heterocycles. The molecular weight excluding hydrogens is 236 g/mol. The second-order valence-corrected chi connectivity index (χ2v) is 4.64. The fraction of sp³-hybridized carbons (Fsp3) is 0.0714. The van der Waals surface area contributed by atoms with E-state index in [1.165, 1.54) is 11.1 Å². The molecule has 0 bridgehead atoms. The lowest BCUT2D eigenvalue weighted by molar-refractivity contribution is 1.19.